The lowest BCUT2D eigenvalue weighted by Crippen LogP contribution is -2.41. The minimum absolute atomic E-state index is 0.0202. The minimum Gasteiger partial charge on any atom is -0.487 e. The van der Waals surface area contributed by atoms with Gasteiger partial charge in [-0.15, -0.1) is 0 Å². The molecule has 0 bridgehead atoms. The van der Waals surface area contributed by atoms with Crippen LogP contribution in [0.15, 0.2) is 18.2 Å². The van der Waals surface area contributed by atoms with Gasteiger partial charge in [0.05, 0.1) is 18.1 Å². The van der Waals surface area contributed by atoms with Crippen molar-refractivity contribution in [2.45, 2.75) is 32.2 Å². The molecule has 0 aliphatic heterocycles. The van der Waals surface area contributed by atoms with Crippen LogP contribution in [0.25, 0.3) is 0 Å². The molecule has 0 unspecified atom stereocenters. The maximum absolute atomic E-state index is 11.0. The Bertz CT molecular complexity index is 474. The summed E-state index contributed by atoms with van der Waals surface area (Å²) in [7, 11) is 0. The van der Waals surface area contributed by atoms with Crippen molar-refractivity contribution in [3.05, 3.63) is 28.3 Å². The van der Waals surface area contributed by atoms with Crippen molar-refractivity contribution >= 4 is 11.4 Å². The smallest absolute Gasteiger partial charge is 0.311 e. The third-order valence-electron chi connectivity index (χ3n) is 3.63. The molecule has 0 spiro atoms. The highest BCUT2D eigenvalue weighted by Crippen LogP contribution is 2.35. The molecule has 2 rings (SSSR count). The molecule has 6 nitrogen and oxygen atoms in total. The fourth-order valence-electron chi connectivity index (χ4n) is 2.43. The zero-order valence-corrected chi connectivity index (χ0v) is 11.6. The van der Waals surface area contributed by atoms with E-state index in [-0.39, 0.29) is 18.0 Å². The fourth-order valence-corrected chi connectivity index (χ4v) is 2.43. The number of nitro benzene ring substituents is 1. The van der Waals surface area contributed by atoms with Crippen molar-refractivity contribution in [1.82, 2.24) is 0 Å². The monoisotopic (exact) mass is 280 g/mol. The lowest BCUT2D eigenvalue weighted by Gasteiger charge is -2.39. The van der Waals surface area contributed by atoms with E-state index in [1.165, 1.54) is 12.5 Å². The Hall–Kier alpha value is -1.82. The van der Waals surface area contributed by atoms with Crippen LogP contribution in [0.5, 0.6) is 5.75 Å². The van der Waals surface area contributed by atoms with Crippen molar-refractivity contribution in [2.75, 3.05) is 24.7 Å². The topological polar surface area (TPSA) is 75.8 Å². The van der Waals surface area contributed by atoms with Crippen molar-refractivity contribution < 1.29 is 14.8 Å². The van der Waals surface area contributed by atoms with E-state index in [1.54, 1.807) is 19.1 Å². The number of rotatable bonds is 7. The molecular formula is C14H20N2O4. The highest BCUT2D eigenvalue weighted by atomic mass is 16.6. The third kappa shape index (κ3) is 3.01. The van der Waals surface area contributed by atoms with Crippen molar-refractivity contribution in [2.24, 2.45) is 0 Å². The number of hydrogen-bond acceptors (Lipinski definition) is 5. The van der Waals surface area contributed by atoms with Crippen LogP contribution in [0.2, 0.25) is 0 Å². The van der Waals surface area contributed by atoms with Gasteiger partial charge >= 0.3 is 5.69 Å². The van der Waals surface area contributed by atoms with Crippen LogP contribution >= 0.6 is 0 Å². The molecule has 0 radical (unpaired) electrons. The first-order valence-electron chi connectivity index (χ1n) is 6.96. The second-order valence-electron chi connectivity index (χ2n) is 4.84. The van der Waals surface area contributed by atoms with Gasteiger partial charge < -0.3 is 14.7 Å². The molecule has 110 valence electrons. The van der Waals surface area contributed by atoms with E-state index >= 15 is 0 Å². The molecule has 1 fully saturated rings. The second-order valence-corrected chi connectivity index (χ2v) is 4.84. The number of aliphatic hydroxyl groups is 1. The Kier molecular flexibility index (Phi) is 4.79. The molecule has 1 aromatic rings. The summed E-state index contributed by atoms with van der Waals surface area (Å²) >= 11 is 0. The summed E-state index contributed by atoms with van der Waals surface area (Å²) < 4.78 is 5.37. The van der Waals surface area contributed by atoms with E-state index in [0.29, 0.717) is 19.2 Å². The van der Waals surface area contributed by atoms with E-state index in [4.69, 9.17) is 4.74 Å². The van der Waals surface area contributed by atoms with Gasteiger partial charge in [0.15, 0.2) is 5.75 Å². The van der Waals surface area contributed by atoms with Crippen LogP contribution in [0, 0.1) is 10.1 Å². The number of nitrogens with zero attached hydrogens (tertiary/aromatic N) is 2. The Balaban J connectivity index is 2.29. The normalized spacial score (nSPS) is 14.7. The average molecular weight is 280 g/mol. The molecule has 1 aliphatic carbocycles. The number of benzene rings is 1. The van der Waals surface area contributed by atoms with E-state index < -0.39 is 4.92 Å². The van der Waals surface area contributed by atoms with E-state index in [9.17, 15) is 15.2 Å². The summed E-state index contributed by atoms with van der Waals surface area (Å²) in [6, 6.07) is 5.33. The van der Waals surface area contributed by atoms with Crippen molar-refractivity contribution in [3.63, 3.8) is 0 Å². The summed E-state index contributed by atoms with van der Waals surface area (Å²) in [6.07, 6.45) is 3.39. The number of ether oxygens (including phenoxy) is 1. The summed E-state index contributed by atoms with van der Waals surface area (Å²) in [4.78, 5) is 12.6. The third-order valence-corrected chi connectivity index (χ3v) is 3.63. The van der Waals surface area contributed by atoms with Gasteiger partial charge in [-0.05, 0) is 32.3 Å². The summed E-state index contributed by atoms with van der Waals surface area (Å²) in [5.74, 6) is 0.289. The molecule has 6 heteroatoms. The summed E-state index contributed by atoms with van der Waals surface area (Å²) in [5.41, 5.74) is 0.853. The molecule has 0 heterocycles. The Morgan fingerprint density at radius 3 is 2.75 bits per heavy atom. The SMILES string of the molecule is CCOc1cc(N(CCO)C2CCC2)ccc1[N+](=O)[O-]. The molecule has 0 saturated heterocycles. The molecule has 20 heavy (non-hydrogen) atoms. The summed E-state index contributed by atoms with van der Waals surface area (Å²) in [6.45, 7) is 2.78. The molecule has 0 amide bonds. The molecule has 0 aromatic heterocycles. The van der Waals surface area contributed by atoms with Gasteiger partial charge in [0, 0.05) is 30.4 Å². The highest BCUT2D eigenvalue weighted by Gasteiger charge is 2.26. The number of anilines is 1. The van der Waals surface area contributed by atoms with Crippen molar-refractivity contribution in [3.8, 4) is 5.75 Å². The van der Waals surface area contributed by atoms with Crippen LogP contribution in [0.1, 0.15) is 26.2 Å². The fraction of sp³-hybridized carbons (Fsp3) is 0.571. The molecular weight excluding hydrogens is 260 g/mol. The van der Waals surface area contributed by atoms with Gasteiger partial charge in [0.1, 0.15) is 0 Å². The lowest BCUT2D eigenvalue weighted by atomic mass is 9.91. The maximum Gasteiger partial charge on any atom is 0.311 e. The summed E-state index contributed by atoms with van der Waals surface area (Å²) in [5, 5.41) is 20.2. The van der Waals surface area contributed by atoms with Crippen LogP contribution in [-0.2, 0) is 0 Å². The zero-order chi connectivity index (χ0) is 14.5. The number of aliphatic hydroxyl groups excluding tert-OH is 1. The number of nitro groups is 1. The lowest BCUT2D eigenvalue weighted by molar-refractivity contribution is -0.385. The first-order valence-corrected chi connectivity index (χ1v) is 6.96. The van der Waals surface area contributed by atoms with Gasteiger partial charge in [-0.25, -0.2) is 0 Å². The van der Waals surface area contributed by atoms with E-state index in [0.717, 1.165) is 18.5 Å². The predicted molar refractivity (Wildman–Crippen MR) is 76.3 cm³/mol. The van der Waals surface area contributed by atoms with E-state index in [1.807, 2.05) is 0 Å². The highest BCUT2D eigenvalue weighted by molar-refractivity contribution is 5.60. The first kappa shape index (κ1) is 14.6. The quantitative estimate of drug-likeness (QED) is 0.613. The Morgan fingerprint density at radius 1 is 1.50 bits per heavy atom. The maximum atomic E-state index is 11.0. The van der Waals surface area contributed by atoms with Gasteiger partial charge in [0.2, 0.25) is 0 Å². The molecule has 1 aliphatic rings. The predicted octanol–water partition coefficient (Wildman–Crippen LogP) is 2.34. The van der Waals surface area contributed by atoms with E-state index in [2.05, 4.69) is 4.90 Å². The first-order chi connectivity index (χ1) is 9.67. The van der Waals surface area contributed by atoms with Gasteiger partial charge in [-0.2, -0.15) is 0 Å². The van der Waals surface area contributed by atoms with Gasteiger partial charge in [-0.3, -0.25) is 10.1 Å². The number of hydrogen-bond donors (Lipinski definition) is 1. The average Bonchev–Trinajstić information content (AvgIpc) is 2.36. The van der Waals surface area contributed by atoms with Gasteiger partial charge in [0.25, 0.3) is 0 Å². The second kappa shape index (κ2) is 6.56. The molecule has 1 saturated carbocycles. The molecule has 1 aromatic carbocycles. The van der Waals surface area contributed by atoms with Crippen LogP contribution in [0.4, 0.5) is 11.4 Å². The van der Waals surface area contributed by atoms with Crippen LogP contribution < -0.4 is 9.64 Å². The minimum atomic E-state index is -0.436. The Morgan fingerprint density at radius 2 is 2.25 bits per heavy atom. The van der Waals surface area contributed by atoms with Gasteiger partial charge in [-0.1, -0.05) is 0 Å². The largest absolute Gasteiger partial charge is 0.487 e. The Labute approximate surface area is 118 Å². The zero-order valence-electron chi connectivity index (χ0n) is 11.6. The molecule has 1 N–H and O–H groups in total. The molecule has 0 atom stereocenters. The van der Waals surface area contributed by atoms with Crippen LogP contribution in [0.3, 0.4) is 0 Å². The van der Waals surface area contributed by atoms with Crippen molar-refractivity contribution in [1.29, 1.82) is 0 Å². The van der Waals surface area contributed by atoms with Crippen LogP contribution in [-0.4, -0.2) is 35.8 Å². The standard InChI is InChI=1S/C14H20N2O4/c1-2-20-14-10-12(6-7-13(14)16(18)19)15(8-9-17)11-4-3-5-11/h6-7,10-11,17H,2-5,8-9H2,1H3.